The van der Waals surface area contributed by atoms with Gasteiger partial charge >= 0.3 is 0 Å². The Bertz CT molecular complexity index is 401. The van der Waals surface area contributed by atoms with E-state index in [4.69, 9.17) is 15.7 Å². The molecule has 0 bridgehead atoms. The van der Waals surface area contributed by atoms with Crippen molar-refractivity contribution in [2.75, 3.05) is 0 Å². The Morgan fingerprint density at radius 2 is 2.06 bits per heavy atom. The maximum Gasteiger partial charge on any atom is 0.251 e. The number of nitrogens with zero attached hydrogens (tertiary/aromatic N) is 3. The van der Waals surface area contributed by atoms with Crippen LogP contribution in [0, 0.1) is 11.3 Å². The first-order chi connectivity index (χ1) is 7.81. The fourth-order valence-corrected chi connectivity index (χ4v) is 1.90. The van der Waals surface area contributed by atoms with E-state index in [2.05, 4.69) is 9.97 Å². The number of rotatable bonds is 2. The van der Waals surface area contributed by atoms with Crippen molar-refractivity contribution in [3.05, 3.63) is 18.1 Å². The van der Waals surface area contributed by atoms with Crippen molar-refractivity contribution in [1.82, 2.24) is 9.97 Å². The van der Waals surface area contributed by atoms with Crippen molar-refractivity contribution in [3.8, 4) is 11.9 Å². The average Bonchev–Trinajstić information content (AvgIpc) is 2.33. The molecule has 2 N–H and O–H groups in total. The monoisotopic (exact) mass is 218 g/mol. The maximum atomic E-state index is 8.85. The first-order valence-electron chi connectivity index (χ1n) is 5.44. The molecule has 0 amide bonds. The molecule has 16 heavy (non-hydrogen) atoms. The summed E-state index contributed by atoms with van der Waals surface area (Å²) >= 11 is 0. The van der Waals surface area contributed by atoms with E-state index >= 15 is 0 Å². The Morgan fingerprint density at radius 1 is 1.31 bits per heavy atom. The molecule has 1 aliphatic rings. The molecule has 2 rings (SSSR count). The van der Waals surface area contributed by atoms with Crippen LogP contribution in [0.4, 0.5) is 0 Å². The lowest BCUT2D eigenvalue weighted by Crippen LogP contribution is -2.41. The molecule has 1 saturated carbocycles. The van der Waals surface area contributed by atoms with Gasteiger partial charge in [-0.1, -0.05) is 6.42 Å². The van der Waals surface area contributed by atoms with Gasteiger partial charge in [0.05, 0.1) is 0 Å². The smallest absolute Gasteiger partial charge is 0.251 e. The first kappa shape index (κ1) is 10.8. The average molecular weight is 218 g/mol. The largest absolute Gasteiger partial charge is 0.471 e. The van der Waals surface area contributed by atoms with Crippen molar-refractivity contribution >= 4 is 0 Å². The molecule has 0 aromatic carbocycles. The van der Waals surface area contributed by atoms with Crippen LogP contribution in [0.15, 0.2) is 12.4 Å². The predicted octanol–water partition coefficient (Wildman–Crippen LogP) is 0.997. The minimum atomic E-state index is -0.0439. The Morgan fingerprint density at radius 3 is 2.81 bits per heavy atom. The standard InChI is InChI=1S/C11H14N4O/c12-7-9-11(15-6-5-14-9)16-10-4-2-1-3-8(10)13/h5-6,8,10H,1-4,13H2. The van der Waals surface area contributed by atoms with Crippen molar-refractivity contribution in [1.29, 1.82) is 5.26 Å². The summed E-state index contributed by atoms with van der Waals surface area (Å²) in [5.41, 5.74) is 6.18. The van der Waals surface area contributed by atoms with Crippen molar-refractivity contribution < 1.29 is 4.74 Å². The van der Waals surface area contributed by atoms with Crippen molar-refractivity contribution in [3.63, 3.8) is 0 Å². The van der Waals surface area contributed by atoms with Crippen LogP contribution in [0.3, 0.4) is 0 Å². The molecule has 1 aliphatic carbocycles. The van der Waals surface area contributed by atoms with E-state index < -0.39 is 0 Å². The van der Waals surface area contributed by atoms with E-state index in [1.165, 1.54) is 12.4 Å². The van der Waals surface area contributed by atoms with Crippen LogP contribution in [-0.2, 0) is 0 Å². The van der Waals surface area contributed by atoms with Crippen molar-refractivity contribution in [2.24, 2.45) is 5.73 Å². The zero-order valence-electron chi connectivity index (χ0n) is 8.97. The SMILES string of the molecule is N#Cc1nccnc1OC1CCCCC1N. The Balaban J connectivity index is 2.11. The molecule has 0 radical (unpaired) electrons. The van der Waals surface area contributed by atoms with E-state index in [0.29, 0.717) is 5.88 Å². The summed E-state index contributed by atoms with van der Waals surface area (Å²) in [7, 11) is 0. The fourth-order valence-electron chi connectivity index (χ4n) is 1.90. The topological polar surface area (TPSA) is 84.8 Å². The minimum absolute atomic E-state index is 0.0299. The van der Waals surface area contributed by atoms with Crippen molar-refractivity contribution in [2.45, 2.75) is 37.8 Å². The lowest BCUT2D eigenvalue weighted by Gasteiger charge is -2.28. The number of nitriles is 1. The third kappa shape index (κ3) is 2.28. The van der Waals surface area contributed by atoms with E-state index in [0.717, 1.165) is 25.7 Å². The molecule has 5 heteroatoms. The van der Waals surface area contributed by atoms with Gasteiger partial charge in [-0.2, -0.15) is 5.26 Å². The van der Waals surface area contributed by atoms with Crippen LogP contribution in [0.2, 0.25) is 0 Å². The quantitative estimate of drug-likeness (QED) is 0.800. The Labute approximate surface area is 94.3 Å². The van der Waals surface area contributed by atoms with Crippen LogP contribution >= 0.6 is 0 Å². The zero-order valence-corrected chi connectivity index (χ0v) is 8.97. The highest BCUT2D eigenvalue weighted by Gasteiger charge is 2.24. The molecule has 84 valence electrons. The first-order valence-corrected chi connectivity index (χ1v) is 5.44. The van der Waals surface area contributed by atoms with Crippen LogP contribution < -0.4 is 10.5 Å². The van der Waals surface area contributed by atoms with Gasteiger partial charge in [0.2, 0.25) is 5.69 Å². The van der Waals surface area contributed by atoms with Crippen LogP contribution in [0.1, 0.15) is 31.4 Å². The number of nitrogens with two attached hydrogens (primary N) is 1. The van der Waals surface area contributed by atoms with Gasteiger partial charge in [0.1, 0.15) is 12.2 Å². The van der Waals surface area contributed by atoms with Gasteiger partial charge < -0.3 is 10.5 Å². The summed E-state index contributed by atoms with van der Waals surface area (Å²) in [5, 5.41) is 8.85. The predicted molar refractivity (Wildman–Crippen MR) is 57.6 cm³/mol. The highest BCUT2D eigenvalue weighted by molar-refractivity contribution is 5.30. The number of ether oxygens (including phenoxy) is 1. The highest BCUT2D eigenvalue weighted by atomic mass is 16.5. The molecular formula is C11H14N4O. The van der Waals surface area contributed by atoms with Gasteiger partial charge in [0, 0.05) is 18.4 Å². The van der Waals surface area contributed by atoms with Crippen LogP contribution in [0.25, 0.3) is 0 Å². The summed E-state index contributed by atoms with van der Waals surface area (Å²) < 4.78 is 5.67. The molecule has 5 nitrogen and oxygen atoms in total. The molecule has 2 atom stereocenters. The highest BCUT2D eigenvalue weighted by Crippen LogP contribution is 2.22. The second kappa shape index (κ2) is 4.90. The van der Waals surface area contributed by atoms with Gasteiger partial charge in [0.25, 0.3) is 5.88 Å². The van der Waals surface area contributed by atoms with Crippen LogP contribution in [0.5, 0.6) is 5.88 Å². The van der Waals surface area contributed by atoms with E-state index in [9.17, 15) is 0 Å². The summed E-state index contributed by atoms with van der Waals surface area (Å²) in [6.45, 7) is 0. The number of hydrogen-bond acceptors (Lipinski definition) is 5. The van der Waals surface area contributed by atoms with Gasteiger partial charge in [-0.15, -0.1) is 0 Å². The Kier molecular flexibility index (Phi) is 3.32. The minimum Gasteiger partial charge on any atom is -0.471 e. The Hall–Kier alpha value is -1.67. The van der Waals surface area contributed by atoms with Gasteiger partial charge in [-0.05, 0) is 19.3 Å². The summed E-state index contributed by atoms with van der Waals surface area (Å²) in [6.07, 6.45) is 7.09. The molecule has 1 heterocycles. The molecule has 1 aromatic heterocycles. The van der Waals surface area contributed by atoms with Gasteiger partial charge in [-0.3, -0.25) is 0 Å². The maximum absolute atomic E-state index is 8.85. The zero-order chi connectivity index (χ0) is 11.4. The lowest BCUT2D eigenvalue weighted by molar-refractivity contribution is 0.126. The van der Waals surface area contributed by atoms with E-state index in [1.54, 1.807) is 0 Å². The molecule has 0 spiro atoms. The van der Waals surface area contributed by atoms with E-state index in [-0.39, 0.29) is 17.8 Å². The second-order valence-corrected chi connectivity index (χ2v) is 3.93. The summed E-state index contributed by atoms with van der Waals surface area (Å²) in [5.74, 6) is 0.298. The van der Waals surface area contributed by atoms with Gasteiger partial charge in [-0.25, -0.2) is 9.97 Å². The fraction of sp³-hybridized carbons (Fsp3) is 0.545. The molecule has 1 fully saturated rings. The number of aromatic nitrogens is 2. The van der Waals surface area contributed by atoms with Gasteiger partial charge in [0.15, 0.2) is 0 Å². The lowest BCUT2D eigenvalue weighted by atomic mass is 9.93. The second-order valence-electron chi connectivity index (χ2n) is 3.93. The molecule has 2 unspecified atom stereocenters. The molecule has 1 aromatic rings. The summed E-state index contributed by atoms with van der Waals surface area (Å²) in [6, 6.07) is 1.99. The number of hydrogen-bond donors (Lipinski definition) is 1. The third-order valence-corrected chi connectivity index (χ3v) is 2.79. The molecular weight excluding hydrogens is 204 g/mol. The molecule has 0 aliphatic heterocycles. The van der Waals surface area contributed by atoms with E-state index in [1.807, 2.05) is 6.07 Å². The third-order valence-electron chi connectivity index (χ3n) is 2.79. The molecule has 0 saturated heterocycles. The summed E-state index contributed by atoms with van der Waals surface area (Å²) in [4.78, 5) is 7.91. The normalized spacial score (nSPS) is 24.8. The van der Waals surface area contributed by atoms with Crippen LogP contribution in [-0.4, -0.2) is 22.1 Å².